The Morgan fingerprint density at radius 3 is 2.58 bits per heavy atom. The fourth-order valence-electron chi connectivity index (χ4n) is 3.10. The van der Waals surface area contributed by atoms with Crippen LogP contribution in [0.5, 0.6) is 0 Å². The number of carbonyl (C=O) groups excluding carboxylic acids is 1. The fourth-order valence-corrected chi connectivity index (χ4v) is 3.10. The molecule has 1 aromatic carbocycles. The van der Waals surface area contributed by atoms with Crippen molar-refractivity contribution in [2.45, 2.75) is 44.8 Å². The minimum atomic E-state index is -4.51. The summed E-state index contributed by atoms with van der Waals surface area (Å²) in [5.74, 6) is 0.0780. The molecule has 8 heteroatoms. The van der Waals surface area contributed by atoms with Crippen LogP contribution in [0.1, 0.15) is 54.6 Å². The van der Waals surface area contributed by atoms with E-state index in [4.69, 9.17) is 4.99 Å². The van der Waals surface area contributed by atoms with Gasteiger partial charge in [-0.25, -0.2) is 9.97 Å². The molecule has 2 aromatic rings. The van der Waals surface area contributed by atoms with Gasteiger partial charge in [0, 0.05) is 35.3 Å². The van der Waals surface area contributed by atoms with Gasteiger partial charge in [-0.3, -0.25) is 9.79 Å². The van der Waals surface area contributed by atoms with Gasteiger partial charge < -0.3 is 5.32 Å². The van der Waals surface area contributed by atoms with Crippen molar-refractivity contribution < 1.29 is 18.0 Å². The van der Waals surface area contributed by atoms with Gasteiger partial charge in [0.05, 0.1) is 16.9 Å². The Hall–Kier alpha value is -3.29. The van der Waals surface area contributed by atoms with Crippen LogP contribution in [0.2, 0.25) is 0 Å². The summed E-state index contributed by atoms with van der Waals surface area (Å²) in [5, 5.41) is 3.01. The van der Waals surface area contributed by atoms with Crippen LogP contribution < -0.4 is 5.32 Å². The molecule has 1 aliphatic rings. The van der Waals surface area contributed by atoms with Crippen LogP contribution in [0.3, 0.4) is 0 Å². The molecule has 1 N–H and O–H groups in total. The number of allylic oxidation sites excluding steroid dienone is 3. The van der Waals surface area contributed by atoms with Crippen molar-refractivity contribution in [3.05, 3.63) is 83.6 Å². The van der Waals surface area contributed by atoms with Gasteiger partial charge in [-0.1, -0.05) is 31.2 Å². The van der Waals surface area contributed by atoms with Crippen LogP contribution in [0, 0.1) is 0 Å². The number of carbonyl (C=O) groups is 1. The number of aliphatic imine (C=N–C) groups is 1. The highest BCUT2D eigenvalue weighted by Crippen LogP contribution is 2.49. The fraction of sp³-hybridized carbons (Fsp3) is 0.304. The number of Topliss-reactive ketones (excluding diaryl/α,β-unsaturated/α-hetero) is 1. The molecule has 0 bridgehead atoms. The number of nitrogens with zero attached hydrogens (tertiary/aromatic N) is 3. The van der Waals surface area contributed by atoms with Crippen LogP contribution in [0.4, 0.5) is 13.2 Å². The van der Waals surface area contributed by atoms with Gasteiger partial charge in [-0.05, 0) is 38.3 Å². The van der Waals surface area contributed by atoms with E-state index in [0.717, 1.165) is 30.5 Å². The second kappa shape index (κ2) is 9.24. The van der Waals surface area contributed by atoms with E-state index in [-0.39, 0.29) is 16.7 Å². The monoisotopic (exact) mass is 428 g/mol. The molecule has 162 valence electrons. The number of halogens is 3. The molecule has 0 aliphatic heterocycles. The Kier molecular flexibility index (Phi) is 6.68. The van der Waals surface area contributed by atoms with Gasteiger partial charge in [0.2, 0.25) is 0 Å². The number of benzene rings is 1. The number of amidine groups is 1. The molecule has 0 radical (unpaired) electrons. The van der Waals surface area contributed by atoms with Gasteiger partial charge >= 0.3 is 6.18 Å². The van der Waals surface area contributed by atoms with Crippen molar-refractivity contribution >= 4 is 11.6 Å². The standard InChI is InChI=1S/C23H23F3N4O/c1-3-4-6-18(21(31)17-7-5-8-19(11-17)23(24,25)26)12-29-16(2)30-22(9-10-22)20-13-27-15-28-14-20/h4-8,11-15H,3,9-10H2,1-2H3,(H,29,30)/b6-4+,18-12+. The first-order valence-electron chi connectivity index (χ1n) is 9.92. The first-order chi connectivity index (χ1) is 14.7. The van der Waals surface area contributed by atoms with Crippen molar-refractivity contribution in [3.63, 3.8) is 0 Å². The van der Waals surface area contributed by atoms with E-state index >= 15 is 0 Å². The Balaban J connectivity index is 1.83. The van der Waals surface area contributed by atoms with Crippen molar-refractivity contribution in [1.82, 2.24) is 15.3 Å². The van der Waals surface area contributed by atoms with Crippen molar-refractivity contribution in [2.75, 3.05) is 0 Å². The molecule has 1 heterocycles. The summed E-state index contributed by atoms with van der Waals surface area (Å²) in [6.45, 7) is 3.68. The summed E-state index contributed by atoms with van der Waals surface area (Å²) in [4.78, 5) is 25.7. The van der Waals surface area contributed by atoms with Crippen LogP contribution in [-0.2, 0) is 11.7 Å². The van der Waals surface area contributed by atoms with Crippen LogP contribution in [0.15, 0.2) is 71.9 Å². The molecule has 1 fully saturated rings. The van der Waals surface area contributed by atoms with Crippen molar-refractivity contribution in [1.29, 1.82) is 0 Å². The molecular weight excluding hydrogens is 405 g/mol. The van der Waals surface area contributed by atoms with Gasteiger partial charge in [0.25, 0.3) is 0 Å². The third-order valence-electron chi connectivity index (χ3n) is 4.89. The van der Waals surface area contributed by atoms with Gasteiger partial charge in [0.15, 0.2) is 5.78 Å². The number of hydrogen-bond acceptors (Lipinski definition) is 4. The zero-order chi connectivity index (χ0) is 22.5. The minimum absolute atomic E-state index is 0.0293. The zero-order valence-corrected chi connectivity index (χ0v) is 17.3. The maximum absolute atomic E-state index is 13.0. The first kappa shape index (κ1) is 22.4. The average molecular weight is 428 g/mol. The highest BCUT2D eigenvalue weighted by atomic mass is 19.4. The molecular formula is C23H23F3N4O. The second-order valence-corrected chi connectivity index (χ2v) is 7.32. The van der Waals surface area contributed by atoms with E-state index in [9.17, 15) is 18.0 Å². The third kappa shape index (κ3) is 5.65. The van der Waals surface area contributed by atoms with Gasteiger partial charge in [-0.2, -0.15) is 13.2 Å². The molecule has 0 atom stereocenters. The Labute approximate surface area is 178 Å². The number of ketones is 1. The Morgan fingerprint density at radius 1 is 1.26 bits per heavy atom. The van der Waals surface area contributed by atoms with E-state index in [0.29, 0.717) is 12.3 Å². The molecule has 31 heavy (non-hydrogen) atoms. The number of alkyl halides is 3. The molecule has 0 unspecified atom stereocenters. The van der Waals surface area contributed by atoms with Gasteiger partial charge in [0.1, 0.15) is 6.33 Å². The maximum atomic E-state index is 13.0. The lowest BCUT2D eigenvalue weighted by atomic mass is 10.0. The number of hydrogen-bond donors (Lipinski definition) is 1. The Bertz CT molecular complexity index is 1020. The zero-order valence-electron chi connectivity index (χ0n) is 17.3. The minimum Gasteiger partial charge on any atom is -0.350 e. The van der Waals surface area contributed by atoms with E-state index in [2.05, 4.69) is 15.3 Å². The molecule has 0 spiro atoms. The normalized spacial score (nSPS) is 16.4. The molecule has 1 aliphatic carbocycles. The number of nitrogens with one attached hydrogen (secondary N) is 1. The SMILES string of the molecule is CC/C=C/C(=C\NC(C)=NC1(c2cncnc2)CC1)C(=O)c1cccc(C(F)(F)F)c1. The topological polar surface area (TPSA) is 67.2 Å². The molecule has 0 amide bonds. The van der Waals surface area contributed by atoms with E-state index < -0.39 is 17.5 Å². The molecule has 1 aromatic heterocycles. The van der Waals surface area contributed by atoms with E-state index in [1.54, 1.807) is 31.5 Å². The van der Waals surface area contributed by atoms with E-state index in [1.165, 1.54) is 24.7 Å². The molecule has 0 saturated heterocycles. The smallest absolute Gasteiger partial charge is 0.350 e. The van der Waals surface area contributed by atoms with Crippen molar-refractivity contribution in [2.24, 2.45) is 4.99 Å². The summed E-state index contributed by atoms with van der Waals surface area (Å²) in [5.41, 5.74) is -0.0896. The summed E-state index contributed by atoms with van der Waals surface area (Å²) >= 11 is 0. The highest BCUT2D eigenvalue weighted by molar-refractivity contribution is 6.10. The third-order valence-corrected chi connectivity index (χ3v) is 4.89. The molecule has 3 rings (SSSR count). The van der Waals surface area contributed by atoms with Gasteiger partial charge in [-0.15, -0.1) is 0 Å². The Morgan fingerprint density at radius 2 is 1.97 bits per heavy atom. The lowest BCUT2D eigenvalue weighted by Crippen LogP contribution is -2.19. The molecule has 5 nitrogen and oxygen atoms in total. The molecule has 1 saturated carbocycles. The maximum Gasteiger partial charge on any atom is 0.416 e. The summed E-state index contributed by atoms with van der Waals surface area (Å²) in [6, 6.07) is 4.42. The summed E-state index contributed by atoms with van der Waals surface area (Å²) < 4.78 is 39.0. The highest BCUT2D eigenvalue weighted by Gasteiger charge is 2.45. The summed E-state index contributed by atoms with van der Waals surface area (Å²) in [6.07, 6.45) is 7.68. The number of rotatable bonds is 7. The van der Waals surface area contributed by atoms with Crippen LogP contribution in [0.25, 0.3) is 0 Å². The largest absolute Gasteiger partial charge is 0.416 e. The predicted octanol–water partition coefficient (Wildman–Crippen LogP) is 5.23. The second-order valence-electron chi connectivity index (χ2n) is 7.32. The van der Waals surface area contributed by atoms with Crippen molar-refractivity contribution in [3.8, 4) is 0 Å². The predicted molar refractivity (Wildman–Crippen MR) is 112 cm³/mol. The van der Waals surface area contributed by atoms with E-state index in [1.807, 2.05) is 6.92 Å². The quantitative estimate of drug-likeness (QED) is 0.216. The summed E-state index contributed by atoms with van der Waals surface area (Å²) in [7, 11) is 0. The first-order valence-corrected chi connectivity index (χ1v) is 9.92. The average Bonchev–Trinajstić information content (AvgIpc) is 3.54. The lowest BCUT2D eigenvalue weighted by Gasteiger charge is -2.12. The van der Waals surface area contributed by atoms with Crippen LogP contribution >= 0.6 is 0 Å². The van der Waals surface area contributed by atoms with Crippen LogP contribution in [-0.4, -0.2) is 21.6 Å². The number of aromatic nitrogens is 2. The lowest BCUT2D eigenvalue weighted by molar-refractivity contribution is -0.137.